The van der Waals surface area contributed by atoms with E-state index in [2.05, 4.69) is 39.6 Å². The highest BCUT2D eigenvalue weighted by Crippen LogP contribution is 2.44. The van der Waals surface area contributed by atoms with Gasteiger partial charge in [0.1, 0.15) is 12.7 Å². The molecule has 1 aliphatic carbocycles. The topological polar surface area (TPSA) is 128 Å². The molecule has 0 aromatic heterocycles. The van der Waals surface area contributed by atoms with Crippen molar-refractivity contribution < 1.29 is 19.7 Å². The van der Waals surface area contributed by atoms with Gasteiger partial charge in [-0.15, -0.1) is 0 Å². The van der Waals surface area contributed by atoms with Crippen LogP contribution in [0.15, 0.2) is 77.9 Å². The third-order valence-electron chi connectivity index (χ3n) is 5.79. The fourth-order valence-electron chi connectivity index (χ4n) is 4.17. The zero-order valence-electron chi connectivity index (χ0n) is 17.8. The first-order chi connectivity index (χ1) is 16.1. The highest BCUT2D eigenvalue weighted by molar-refractivity contribution is 5.79. The summed E-state index contributed by atoms with van der Waals surface area (Å²) in [4.78, 5) is 14.9. The molecule has 33 heavy (non-hydrogen) atoms. The average molecular weight is 444 g/mol. The van der Waals surface area contributed by atoms with Crippen molar-refractivity contribution in [3.8, 4) is 11.1 Å². The van der Waals surface area contributed by atoms with E-state index in [0.717, 1.165) is 22.3 Å². The summed E-state index contributed by atoms with van der Waals surface area (Å²) in [6.45, 7) is 0.335. The minimum Gasteiger partial charge on any atom is -0.449 e. The summed E-state index contributed by atoms with van der Waals surface area (Å²) in [6, 6.07) is 22.6. The van der Waals surface area contributed by atoms with E-state index < -0.39 is 18.3 Å². The molecular formula is C25H24N4O4. The highest BCUT2D eigenvalue weighted by atomic mass is 16.5. The number of alkyl carbamates (subject to hydrolysis) is 1. The Balaban J connectivity index is 1.28. The molecule has 168 valence electrons. The third-order valence-corrected chi connectivity index (χ3v) is 5.79. The van der Waals surface area contributed by atoms with Crippen molar-refractivity contribution >= 4 is 11.8 Å². The lowest BCUT2D eigenvalue weighted by molar-refractivity contribution is 0.0137. The van der Waals surface area contributed by atoms with Gasteiger partial charge in [0.25, 0.3) is 0 Å². The maximum absolute atomic E-state index is 12.2. The SMILES string of the molecule is [N-]=[N+]=Nc1cccc(C(O)C(O)CCNC(=O)OCC2c3ccccc3-c3ccccc32)c1. The van der Waals surface area contributed by atoms with Gasteiger partial charge < -0.3 is 20.3 Å². The van der Waals surface area contributed by atoms with Crippen molar-refractivity contribution in [1.29, 1.82) is 0 Å². The zero-order chi connectivity index (χ0) is 23.2. The molecule has 0 saturated carbocycles. The molecule has 0 spiro atoms. The molecule has 3 aromatic rings. The predicted octanol–water partition coefficient (Wildman–Crippen LogP) is 4.95. The van der Waals surface area contributed by atoms with E-state index in [-0.39, 0.29) is 25.5 Å². The summed E-state index contributed by atoms with van der Waals surface area (Å²) in [6.07, 6.45) is -2.75. The van der Waals surface area contributed by atoms with Crippen molar-refractivity contribution in [2.24, 2.45) is 5.11 Å². The minimum absolute atomic E-state index is 0.0288. The molecule has 0 heterocycles. The van der Waals surface area contributed by atoms with E-state index in [0.29, 0.717) is 11.3 Å². The van der Waals surface area contributed by atoms with Gasteiger partial charge in [-0.3, -0.25) is 0 Å². The Morgan fingerprint density at radius 2 is 1.70 bits per heavy atom. The van der Waals surface area contributed by atoms with E-state index in [1.807, 2.05) is 24.3 Å². The molecular weight excluding hydrogens is 420 g/mol. The van der Waals surface area contributed by atoms with Crippen LogP contribution in [-0.4, -0.2) is 35.6 Å². The largest absolute Gasteiger partial charge is 0.449 e. The summed E-state index contributed by atoms with van der Waals surface area (Å²) < 4.78 is 5.47. The summed E-state index contributed by atoms with van der Waals surface area (Å²) in [5, 5.41) is 26.7. The van der Waals surface area contributed by atoms with Crippen LogP contribution >= 0.6 is 0 Å². The molecule has 4 rings (SSSR count). The second-order valence-electron chi connectivity index (χ2n) is 7.84. The van der Waals surface area contributed by atoms with Crippen LogP contribution in [0.4, 0.5) is 10.5 Å². The Hall–Kier alpha value is -3.84. The van der Waals surface area contributed by atoms with Crippen LogP contribution < -0.4 is 5.32 Å². The van der Waals surface area contributed by atoms with Crippen LogP contribution in [-0.2, 0) is 4.74 Å². The number of aliphatic hydroxyl groups is 2. The first-order valence-electron chi connectivity index (χ1n) is 10.7. The van der Waals surface area contributed by atoms with Crippen molar-refractivity contribution in [2.45, 2.75) is 24.5 Å². The number of nitrogens with zero attached hydrogens (tertiary/aromatic N) is 3. The van der Waals surface area contributed by atoms with Gasteiger partial charge in [-0.1, -0.05) is 71.8 Å². The molecule has 2 unspecified atom stereocenters. The maximum Gasteiger partial charge on any atom is 0.407 e. The highest BCUT2D eigenvalue weighted by Gasteiger charge is 2.29. The first-order valence-corrected chi connectivity index (χ1v) is 10.7. The van der Waals surface area contributed by atoms with Crippen molar-refractivity contribution in [3.05, 3.63) is 99.9 Å². The van der Waals surface area contributed by atoms with Crippen molar-refractivity contribution in [1.82, 2.24) is 5.32 Å². The number of benzene rings is 3. The Kier molecular flexibility index (Phi) is 6.90. The Bertz CT molecular complexity index is 1150. The van der Waals surface area contributed by atoms with Crippen LogP contribution in [0.25, 0.3) is 21.6 Å². The number of nitrogens with one attached hydrogen (secondary N) is 1. The second kappa shape index (κ2) is 10.2. The fourth-order valence-corrected chi connectivity index (χ4v) is 4.17. The fraction of sp³-hybridized carbons (Fsp3) is 0.240. The van der Waals surface area contributed by atoms with Crippen molar-refractivity contribution in [2.75, 3.05) is 13.2 Å². The lowest BCUT2D eigenvalue weighted by Gasteiger charge is -2.19. The number of ether oxygens (including phenoxy) is 1. The van der Waals surface area contributed by atoms with Gasteiger partial charge in [0, 0.05) is 23.1 Å². The minimum atomic E-state index is -1.18. The number of hydrogen-bond donors (Lipinski definition) is 3. The maximum atomic E-state index is 12.2. The van der Waals surface area contributed by atoms with Gasteiger partial charge in [-0.2, -0.15) is 0 Å². The molecule has 0 fully saturated rings. The van der Waals surface area contributed by atoms with Gasteiger partial charge >= 0.3 is 6.09 Å². The number of carbonyl (C=O) groups excluding carboxylic acids is 1. The quantitative estimate of drug-likeness (QED) is 0.258. The Morgan fingerprint density at radius 3 is 2.36 bits per heavy atom. The predicted molar refractivity (Wildman–Crippen MR) is 124 cm³/mol. The van der Waals surface area contributed by atoms with Crippen LogP contribution in [0, 0.1) is 0 Å². The zero-order valence-corrected chi connectivity index (χ0v) is 17.8. The molecule has 0 saturated heterocycles. The number of rotatable bonds is 8. The Morgan fingerprint density at radius 1 is 1.03 bits per heavy atom. The van der Waals surface area contributed by atoms with Crippen LogP contribution in [0.1, 0.15) is 35.1 Å². The second-order valence-corrected chi connectivity index (χ2v) is 7.84. The Labute approximate surface area is 191 Å². The van der Waals surface area contributed by atoms with Crippen molar-refractivity contribution in [3.63, 3.8) is 0 Å². The molecule has 8 heteroatoms. The van der Waals surface area contributed by atoms with E-state index in [9.17, 15) is 15.0 Å². The van der Waals surface area contributed by atoms with E-state index >= 15 is 0 Å². The number of azide groups is 1. The van der Waals surface area contributed by atoms with Gasteiger partial charge in [-0.25, -0.2) is 4.79 Å². The summed E-state index contributed by atoms with van der Waals surface area (Å²) in [5.74, 6) is -0.0288. The number of hydrogen-bond acceptors (Lipinski definition) is 5. The molecule has 3 N–H and O–H groups in total. The lowest BCUT2D eigenvalue weighted by atomic mass is 9.98. The molecule has 3 aromatic carbocycles. The number of carbonyl (C=O) groups is 1. The van der Waals surface area contributed by atoms with Gasteiger partial charge in [-0.05, 0) is 45.8 Å². The van der Waals surface area contributed by atoms with E-state index in [1.54, 1.807) is 18.2 Å². The third kappa shape index (κ3) is 4.99. The molecule has 0 aliphatic heterocycles. The van der Waals surface area contributed by atoms with Crippen LogP contribution in [0.5, 0.6) is 0 Å². The number of aliphatic hydroxyl groups excluding tert-OH is 2. The van der Waals surface area contributed by atoms with Gasteiger partial charge in [0.05, 0.1) is 6.10 Å². The normalized spacial score (nSPS) is 13.9. The van der Waals surface area contributed by atoms with Gasteiger partial charge in [0.2, 0.25) is 0 Å². The lowest BCUT2D eigenvalue weighted by Crippen LogP contribution is -2.30. The molecule has 2 atom stereocenters. The summed E-state index contributed by atoms with van der Waals surface area (Å²) in [5.41, 5.74) is 13.9. The van der Waals surface area contributed by atoms with Crippen LogP contribution in [0.3, 0.4) is 0 Å². The molecule has 1 amide bonds. The van der Waals surface area contributed by atoms with Gasteiger partial charge in [0.15, 0.2) is 0 Å². The summed E-state index contributed by atoms with van der Waals surface area (Å²) in [7, 11) is 0. The number of amides is 1. The molecule has 0 radical (unpaired) electrons. The van der Waals surface area contributed by atoms with Crippen LogP contribution in [0.2, 0.25) is 0 Å². The molecule has 0 bridgehead atoms. The van der Waals surface area contributed by atoms with E-state index in [4.69, 9.17) is 10.3 Å². The van der Waals surface area contributed by atoms with E-state index in [1.165, 1.54) is 6.07 Å². The smallest absolute Gasteiger partial charge is 0.407 e. The summed E-state index contributed by atoms with van der Waals surface area (Å²) >= 11 is 0. The molecule has 1 aliphatic rings. The standard InChI is InChI=1S/C25H24N4O4/c26-29-28-17-7-5-6-16(14-17)24(31)23(30)12-13-27-25(32)33-15-22-20-10-3-1-8-18(20)19-9-2-4-11-21(19)22/h1-11,14,22-24,30-31H,12-13,15H2,(H,27,32). The first kappa shape index (κ1) is 22.4. The number of fused-ring (bicyclic) bond motifs is 3. The molecule has 8 nitrogen and oxygen atoms in total. The average Bonchev–Trinajstić information content (AvgIpc) is 3.16. The monoisotopic (exact) mass is 444 g/mol.